The van der Waals surface area contributed by atoms with Gasteiger partial charge in [-0.15, -0.1) is 0 Å². The SMILES string of the molecule is O=C(CC(c1ccccc1)c1ccccc1)NCCSC1CCCC1. The zero-order chi connectivity index (χ0) is 17.3. The molecule has 25 heavy (non-hydrogen) atoms. The van der Waals surface area contributed by atoms with Crippen LogP contribution in [-0.2, 0) is 4.79 Å². The summed E-state index contributed by atoms with van der Waals surface area (Å²) in [6.07, 6.45) is 5.95. The number of amides is 1. The molecule has 0 saturated heterocycles. The first-order valence-corrected chi connectivity index (χ1v) is 10.4. The first-order chi connectivity index (χ1) is 12.3. The summed E-state index contributed by atoms with van der Waals surface area (Å²) >= 11 is 2.02. The van der Waals surface area contributed by atoms with Crippen LogP contribution in [0.3, 0.4) is 0 Å². The van der Waals surface area contributed by atoms with E-state index in [1.165, 1.54) is 36.8 Å². The molecule has 0 aliphatic heterocycles. The molecule has 0 bridgehead atoms. The molecule has 0 aromatic heterocycles. The van der Waals surface area contributed by atoms with Crippen molar-refractivity contribution in [1.29, 1.82) is 0 Å². The molecule has 1 fully saturated rings. The molecule has 3 rings (SSSR count). The van der Waals surface area contributed by atoms with Crippen LogP contribution in [0.5, 0.6) is 0 Å². The van der Waals surface area contributed by atoms with Gasteiger partial charge in [0.1, 0.15) is 0 Å². The zero-order valence-corrected chi connectivity index (χ0v) is 15.5. The van der Waals surface area contributed by atoms with E-state index in [4.69, 9.17) is 0 Å². The summed E-state index contributed by atoms with van der Waals surface area (Å²) in [5.74, 6) is 1.28. The second kappa shape index (κ2) is 9.67. The van der Waals surface area contributed by atoms with Gasteiger partial charge in [-0.25, -0.2) is 0 Å². The summed E-state index contributed by atoms with van der Waals surface area (Å²) in [5, 5.41) is 3.93. The van der Waals surface area contributed by atoms with Gasteiger partial charge in [0.15, 0.2) is 0 Å². The van der Waals surface area contributed by atoms with Gasteiger partial charge >= 0.3 is 0 Å². The maximum Gasteiger partial charge on any atom is 0.220 e. The highest BCUT2D eigenvalue weighted by atomic mass is 32.2. The molecule has 3 heteroatoms. The number of hydrogen-bond acceptors (Lipinski definition) is 2. The molecule has 1 saturated carbocycles. The molecule has 0 atom stereocenters. The van der Waals surface area contributed by atoms with Crippen molar-refractivity contribution in [3.8, 4) is 0 Å². The van der Waals surface area contributed by atoms with Crippen LogP contribution < -0.4 is 5.32 Å². The van der Waals surface area contributed by atoms with E-state index in [0.29, 0.717) is 6.42 Å². The summed E-state index contributed by atoms with van der Waals surface area (Å²) in [6.45, 7) is 0.774. The van der Waals surface area contributed by atoms with Gasteiger partial charge in [-0.2, -0.15) is 11.8 Å². The fourth-order valence-electron chi connectivity index (χ4n) is 3.53. The number of thioether (sulfide) groups is 1. The first kappa shape index (κ1) is 18.1. The number of rotatable bonds is 8. The molecular weight excluding hydrogens is 326 g/mol. The monoisotopic (exact) mass is 353 g/mol. The number of hydrogen-bond donors (Lipinski definition) is 1. The summed E-state index contributed by atoms with van der Waals surface area (Å²) in [4.78, 5) is 12.5. The average Bonchev–Trinajstić information content (AvgIpc) is 3.18. The maximum absolute atomic E-state index is 12.5. The van der Waals surface area contributed by atoms with E-state index in [1.54, 1.807) is 0 Å². The smallest absolute Gasteiger partial charge is 0.220 e. The zero-order valence-electron chi connectivity index (χ0n) is 14.7. The van der Waals surface area contributed by atoms with Gasteiger partial charge < -0.3 is 5.32 Å². The lowest BCUT2D eigenvalue weighted by molar-refractivity contribution is -0.121. The quantitative estimate of drug-likeness (QED) is 0.677. The highest BCUT2D eigenvalue weighted by Gasteiger charge is 2.18. The lowest BCUT2D eigenvalue weighted by Crippen LogP contribution is -2.27. The second-order valence-corrected chi connectivity index (χ2v) is 8.11. The van der Waals surface area contributed by atoms with Gasteiger partial charge in [0.05, 0.1) is 0 Å². The van der Waals surface area contributed by atoms with Crippen LogP contribution in [0.25, 0.3) is 0 Å². The molecule has 2 aromatic carbocycles. The van der Waals surface area contributed by atoms with Gasteiger partial charge in [0.25, 0.3) is 0 Å². The van der Waals surface area contributed by atoms with Crippen molar-refractivity contribution in [3.05, 3.63) is 71.8 Å². The number of benzene rings is 2. The Kier molecular flexibility index (Phi) is 6.99. The van der Waals surface area contributed by atoms with Crippen molar-refractivity contribution < 1.29 is 4.79 Å². The Labute approximate surface area is 155 Å². The summed E-state index contributed by atoms with van der Waals surface area (Å²) in [5.41, 5.74) is 2.40. The van der Waals surface area contributed by atoms with E-state index < -0.39 is 0 Å². The highest BCUT2D eigenvalue weighted by Crippen LogP contribution is 2.29. The third-order valence-electron chi connectivity index (χ3n) is 4.87. The van der Waals surface area contributed by atoms with Gasteiger partial charge in [-0.3, -0.25) is 4.79 Å². The number of carbonyl (C=O) groups is 1. The molecule has 1 aliphatic rings. The Morgan fingerprint density at radius 2 is 1.52 bits per heavy atom. The minimum absolute atomic E-state index is 0.116. The van der Waals surface area contributed by atoms with Crippen LogP contribution >= 0.6 is 11.8 Å². The molecule has 0 spiro atoms. The Morgan fingerprint density at radius 3 is 2.08 bits per heavy atom. The van der Waals surface area contributed by atoms with E-state index in [2.05, 4.69) is 29.6 Å². The molecular formula is C22H27NOS. The molecule has 1 N–H and O–H groups in total. The third kappa shape index (κ3) is 5.64. The second-order valence-electron chi connectivity index (χ2n) is 6.71. The van der Waals surface area contributed by atoms with Crippen molar-refractivity contribution in [2.24, 2.45) is 0 Å². The van der Waals surface area contributed by atoms with E-state index >= 15 is 0 Å². The van der Waals surface area contributed by atoms with Crippen molar-refractivity contribution in [3.63, 3.8) is 0 Å². The Balaban J connectivity index is 1.53. The molecule has 2 aromatic rings. The molecule has 0 heterocycles. The van der Waals surface area contributed by atoms with Crippen molar-refractivity contribution >= 4 is 17.7 Å². The normalized spacial score (nSPS) is 14.8. The van der Waals surface area contributed by atoms with Crippen LogP contribution in [0.15, 0.2) is 60.7 Å². The molecule has 1 amide bonds. The summed E-state index contributed by atoms with van der Waals surface area (Å²) in [6, 6.07) is 20.7. The van der Waals surface area contributed by atoms with Crippen LogP contribution in [0.1, 0.15) is 49.1 Å². The summed E-state index contributed by atoms with van der Waals surface area (Å²) in [7, 11) is 0. The molecule has 0 unspecified atom stereocenters. The van der Waals surface area contributed by atoms with Crippen molar-refractivity contribution in [2.45, 2.75) is 43.3 Å². The topological polar surface area (TPSA) is 29.1 Å². The molecule has 132 valence electrons. The van der Waals surface area contributed by atoms with Gasteiger partial charge in [0, 0.05) is 29.9 Å². The first-order valence-electron chi connectivity index (χ1n) is 9.31. The fourth-order valence-corrected chi connectivity index (χ4v) is 4.75. The Morgan fingerprint density at radius 1 is 0.960 bits per heavy atom. The van der Waals surface area contributed by atoms with Crippen molar-refractivity contribution in [1.82, 2.24) is 5.32 Å². The highest BCUT2D eigenvalue weighted by molar-refractivity contribution is 7.99. The molecule has 1 aliphatic carbocycles. The number of nitrogens with one attached hydrogen (secondary N) is 1. The minimum atomic E-state index is 0.116. The largest absolute Gasteiger partial charge is 0.355 e. The van der Waals surface area contributed by atoms with E-state index in [0.717, 1.165) is 17.5 Å². The Hall–Kier alpha value is -1.74. The van der Waals surface area contributed by atoms with E-state index in [9.17, 15) is 4.79 Å². The van der Waals surface area contributed by atoms with Crippen LogP contribution in [0.2, 0.25) is 0 Å². The predicted octanol–water partition coefficient (Wildman–Crippen LogP) is 5.00. The van der Waals surface area contributed by atoms with Crippen molar-refractivity contribution in [2.75, 3.05) is 12.3 Å². The molecule has 2 nitrogen and oxygen atoms in total. The number of carbonyl (C=O) groups excluding carboxylic acids is 1. The van der Waals surface area contributed by atoms with E-state index in [-0.39, 0.29) is 11.8 Å². The van der Waals surface area contributed by atoms with Crippen LogP contribution in [-0.4, -0.2) is 23.5 Å². The Bertz CT molecular complexity index is 598. The maximum atomic E-state index is 12.5. The standard InChI is InChI=1S/C22H27NOS/c24-22(23-15-16-25-20-13-7-8-14-20)17-21(18-9-3-1-4-10-18)19-11-5-2-6-12-19/h1-6,9-12,20-21H,7-8,13-17H2,(H,23,24). The lowest BCUT2D eigenvalue weighted by Gasteiger charge is -2.18. The van der Waals surface area contributed by atoms with Gasteiger partial charge in [-0.1, -0.05) is 73.5 Å². The van der Waals surface area contributed by atoms with Crippen LogP contribution in [0, 0.1) is 0 Å². The fraction of sp³-hybridized carbons (Fsp3) is 0.409. The summed E-state index contributed by atoms with van der Waals surface area (Å²) < 4.78 is 0. The van der Waals surface area contributed by atoms with Gasteiger partial charge in [-0.05, 0) is 24.0 Å². The lowest BCUT2D eigenvalue weighted by atomic mass is 9.88. The van der Waals surface area contributed by atoms with Gasteiger partial charge in [0.2, 0.25) is 5.91 Å². The van der Waals surface area contributed by atoms with E-state index in [1.807, 2.05) is 48.2 Å². The predicted molar refractivity (Wildman–Crippen MR) is 107 cm³/mol. The molecule has 0 radical (unpaired) electrons. The third-order valence-corrected chi connectivity index (χ3v) is 6.26. The average molecular weight is 354 g/mol. The minimum Gasteiger partial charge on any atom is -0.355 e. The van der Waals surface area contributed by atoms with Crippen LogP contribution in [0.4, 0.5) is 0 Å².